The predicted molar refractivity (Wildman–Crippen MR) is 111 cm³/mol. The minimum absolute atomic E-state index is 0.174. The standard InChI is InChI=1S/C21H16Cl2N4O/c22-15-8-4-13(5-9-15)12-26-21(28)20-18(19(25-26)14-6-7-14)11-24-27(20)17-3-1-2-16(23)10-17/h1-5,8-11,14H,6-7,12H2. The molecule has 1 aliphatic rings. The summed E-state index contributed by atoms with van der Waals surface area (Å²) in [6.07, 6.45) is 3.91. The number of nitrogens with zero attached hydrogens (tertiary/aromatic N) is 4. The molecule has 0 unspecified atom stereocenters. The van der Waals surface area contributed by atoms with Crippen LogP contribution in [0.15, 0.2) is 59.5 Å². The lowest BCUT2D eigenvalue weighted by Crippen LogP contribution is -2.26. The van der Waals surface area contributed by atoms with E-state index in [0.717, 1.165) is 35.2 Å². The molecule has 0 amide bonds. The number of benzene rings is 2. The molecule has 0 radical (unpaired) electrons. The van der Waals surface area contributed by atoms with Gasteiger partial charge in [-0.25, -0.2) is 9.36 Å². The average Bonchev–Trinajstić information content (AvgIpc) is 3.43. The van der Waals surface area contributed by atoms with Crippen molar-refractivity contribution < 1.29 is 0 Å². The molecule has 7 heteroatoms. The van der Waals surface area contributed by atoms with Gasteiger partial charge in [0.1, 0.15) is 5.52 Å². The third-order valence-electron chi connectivity index (χ3n) is 4.97. The van der Waals surface area contributed by atoms with Crippen molar-refractivity contribution >= 4 is 34.1 Å². The Labute approximate surface area is 171 Å². The fourth-order valence-electron chi connectivity index (χ4n) is 3.43. The molecule has 2 heterocycles. The molecule has 0 N–H and O–H groups in total. The summed E-state index contributed by atoms with van der Waals surface area (Å²) in [4.78, 5) is 13.3. The van der Waals surface area contributed by atoms with Crippen LogP contribution in [-0.4, -0.2) is 19.6 Å². The van der Waals surface area contributed by atoms with Gasteiger partial charge in [-0.2, -0.15) is 10.2 Å². The van der Waals surface area contributed by atoms with Gasteiger partial charge in [0.25, 0.3) is 5.56 Å². The van der Waals surface area contributed by atoms with Gasteiger partial charge in [0.05, 0.1) is 24.1 Å². The number of aromatic nitrogens is 4. The SMILES string of the molecule is O=c1c2c(cnn2-c2cccc(Cl)c2)c(C2CC2)nn1Cc1ccc(Cl)cc1. The maximum atomic E-state index is 13.3. The average molecular weight is 411 g/mol. The van der Waals surface area contributed by atoms with Gasteiger partial charge in [-0.1, -0.05) is 41.4 Å². The van der Waals surface area contributed by atoms with Gasteiger partial charge in [-0.05, 0) is 48.7 Å². The second kappa shape index (κ2) is 6.76. The Morgan fingerprint density at radius 3 is 2.54 bits per heavy atom. The second-order valence-corrected chi connectivity index (χ2v) is 7.92. The molecule has 5 nitrogen and oxygen atoms in total. The van der Waals surface area contributed by atoms with Crippen LogP contribution >= 0.6 is 23.2 Å². The smallest absolute Gasteiger partial charge is 0.265 e. The number of halogens is 2. The monoisotopic (exact) mass is 410 g/mol. The molecule has 0 spiro atoms. The highest BCUT2D eigenvalue weighted by atomic mass is 35.5. The maximum Gasteiger partial charge on any atom is 0.293 e. The highest BCUT2D eigenvalue weighted by Gasteiger charge is 2.30. The Balaban J connectivity index is 1.71. The molecule has 0 saturated heterocycles. The van der Waals surface area contributed by atoms with Gasteiger partial charge in [0, 0.05) is 21.3 Å². The van der Waals surface area contributed by atoms with Crippen LogP contribution in [-0.2, 0) is 6.54 Å². The zero-order valence-corrected chi connectivity index (χ0v) is 16.4. The molecule has 1 fully saturated rings. The fraction of sp³-hybridized carbons (Fsp3) is 0.190. The van der Waals surface area contributed by atoms with Crippen molar-refractivity contribution in [2.75, 3.05) is 0 Å². The highest BCUT2D eigenvalue weighted by molar-refractivity contribution is 6.31. The van der Waals surface area contributed by atoms with Crippen LogP contribution < -0.4 is 5.56 Å². The van der Waals surface area contributed by atoms with E-state index < -0.39 is 0 Å². The maximum absolute atomic E-state index is 13.3. The Morgan fingerprint density at radius 1 is 1.04 bits per heavy atom. The van der Waals surface area contributed by atoms with Gasteiger partial charge < -0.3 is 0 Å². The minimum atomic E-state index is -0.174. The lowest BCUT2D eigenvalue weighted by atomic mass is 10.2. The van der Waals surface area contributed by atoms with Crippen LogP contribution in [0, 0.1) is 0 Å². The second-order valence-electron chi connectivity index (χ2n) is 7.05. The number of rotatable bonds is 4. The molecule has 5 rings (SSSR count). The van der Waals surface area contributed by atoms with E-state index in [2.05, 4.69) is 5.10 Å². The predicted octanol–water partition coefficient (Wildman–Crippen LogP) is 4.81. The Bertz CT molecular complexity index is 1240. The first-order chi connectivity index (χ1) is 13.6. The van der Waals surface area contributed by atoms with Crippen LogP contribution in [0.1, 0.15) is 30.0 Å². The third-order valence-corrected chi connectivity index (χ3v) is 5.46. The molecule has 4 aromatic rings. The van der Waals surface area contributed by atoms with Gasteiger partial charge in [0.15, 0.2) is 0 Å². The summed E-state index contributed by atoms with van der Waals surface area (Å²) in [5.74, 6) is 0.386. The normalized spacial score (nSPS) is 13.9. The van der Waals surface area contributed by atoms with Crippen molar-refractivity contribution in [3.63, 3.8) is 0 Å². The lowest BCUT2D eigenvalue weighted by molar-refractivity contribution is 0.626. The first-order valence-corrected chi connectivity index (χ1v) is 9.85. The van der Waals surface area contributed by atoms with E-state index in [1.165, 1.54) is 4.68 Å². The summed E-state index contributed by atoms with van der Waals surface area (Å²) < 4.78 is 3.19. The molecule has 0 aliphatic heterocycles. The van der Waals surface area contributed by atoms with Gasteiger partial charge >= 0.3 is 0 Å². The summed E-state index contributed by atoms with van der Waals surface area (Å²) in [7, 11) is 0. The zero-order chi connectivity index (χ0) is 19.3. The quantitative estimate of drug-likeness (QED) is 0.484. The number of fused-ring (bicyclic) bond motifs is 1. The van der Waals surface area contributed by atoms with E-state index in [1.54, 1.807) is 23.0 Å². The summed E-state index contributed by atoms with van der Waals surface area (Å²) >= 11 is 12.1. The summed E-state index contributed by atoms with van der Waals surface area (Å²) in [6.45, 7) is 0.381. The lowest BCUT2D eigenvalue weighted by Gasteiger charge is -2.10. The van der Waals surface area contributed by atoms with Crippen molar-refractivity contribution in [2.24, 2.45) is 0 Å². The summed E-state index contributed by atoms with van der Waals surface area (Å²) in [5, 5.41) is 11.3. The van der Waals surface area contributed by atoms with Gasteiger partial charge in [-0.3, -0.25) is 4.79 Å². The number of hydrogen-bond donors (Lipinski definition) is 0. The highest BCUT2D eigenvalue weighted by Crippen LogP contribution is 2.41. The van der Waals surface area contributed by atoms with E-state index in [0.29, 0.717) is 28.0 Å². The number of hydrogen-bond acceptors (Lipinski definition) is 3. The minimum Gasteiger partial charge on any atom is -0.265 e. The summed E-state index contributed by atoms with van der Waals surface area (Å²) in [5.41, 5.74) is 3.02. The zero-order valence-electron chi connectivity index (χ0n) is 14.8. The largest absolute Gasteiger partial charge is 0.293 e. The van der Waals surface area contributed by atoms with Crippen LogP contribution in [0.2, 0.25) is 10.0 Å². The Hall–Kier alpha value is -2.63. The van der Waals surface area contributed by atoms with Crippen LogP contribution in [0.25, 0.3) is 16.6 Å². The van der Waals surface area contributed by atoms with E-state index in [1.807, 2.05) is 36.4 Å². The molecular weight excluding hydrogens is 395 g/mol. The van der Waals surface area contributed by atoms with Gasteiger partial charge in [0.2, 0.25) is 0 Å². The molecule has 2 aromatic heterocycles. The first kappa shape index (κ1) is 17.5. The van der Waals surface area contributed by atoms with E-state index >= 15 is 0 Å². The van der Waals surface area contributed by atoms with E-state index in [9.17, 15) is 4.79 Å². The first-order valence-electron chi connectivity index (χ1n) is 9.09. The Kier molecular flexibility index (Phi) is 4.22. The fourth-order valence-corrected chi connectivity index (χ4v) is 3.74. The molecule has 0 bridgehead atoms. The Morgan fingerprint density at radius 2 is 1.82 bits per heavy atom. The van der Waals surface area contributed by atoms with Gasteiger partial charge in [-0.15, -0.1) is 0 Å². The molecule has 1 aliphatic carbocycles. The molecule has 0 atom stereocenters. The molecule has 28 heavy (non-hydrogen) atoms. The van der Waals surface area contributed by atoms with Crippen molar-refractivity contribution in [2.45, 2.75) is 25.3 Å². The van der Waals surface area contributed by atoms with E-state index in [4.69, 9.17) is 28.3 Å². The molecule has 140 valence electrons. The van der Waals surface area contributed by atoms with Crippen molar-refractivity contribution in [1.29, 1.82) is 0 Å². The van der Waals surface area contributed by atoms with Crippen molar-refractivity contribution in [3.05, 3.63) is 86.4 Å². The molecule has 1 saturated carbocycles. The molecular formula is C21H16Cl2N4O. The van der Waals surface area contributed by atoms with Crippen LogP contribution in [0.4, 0.5) is 0 Å². The third kappa shape index (κ3) is 3.11. The summed E-state index contributed by atoms with van der Waals surface area (Å²) in [6, 6.07) is 14.8. The van der Waals surface area contributed by atoms with Crippen molar-refractivity contribution in [1.82, 2.24) is 19.6 Å². The van der Waals surface area contributed by atoms with Crippen LogP contribution in [0.5, 0.6) is 0 Å². The van der Waals surface area contributed by atoms with Crippen LogP contribution in [0.3, 0.4) is 0 Å². The van der Waals surface area contributed by atoms with Crippen molar-refractivity contribution in [3.8, 4) is 5.69 Å². The molecule has 2 aromatic carbocycles. The van der Waals surface area contributed by atoms with E-state index in [-0.39, 0.29) is 5.56 Å². The topological polar surface area (TPSA) is 52.7 Å².